The average molecular weight is 198 g/mol. The molecule has 0 aliphatic carbocycles. The smallest absolute Gasteiger partial charge is 0.130 e. The number of Topliss-reactive ketones (excluding diaryl/α,β-unsaturated/α-hetero) is 2. The SMILES string of the molecule is C=CC(=C)OC.CC(=O)CCC(C)=O. The number of carbonyl (C=O) groups is 2. The monoisotopic (exact) mass is 198 g/mol. The Morgan fingerprint density at radius 1 is 1.21 bits per heavy atom. The number of methoxy groups -OCH3 is 1. The van der Waals surface area contributed by atoms with Crippen LogP contribution in [0, 0.1) is 0 Å². The summed E-state index contributed by atoms with van der Waals surface area (Å²) in [5, 5.41) is 0. The molecule has 0 saturated carbocycles. The van der Waals surface area contributed by atoms with Crippen LogP contribution in [0.25, 0.3) is 0 Å². The van der Waals surface area contributed by atoms with Crippen LogP contribution in [-0.2, 0) is 14.3 Å². The van der Waals surface area contributed by atoms with Crippen molar-refractivity contribution in [1.82, 2.24) is 0 Å². The fraction of sp³-hybridized carbons (Fsp3) is 0.455. The number of ketones is 2. The van der Waals surface area contributed by atoms with Gasteiger partial charge in [0, 0.05) is 12.8 Å². The standard InChI is InChI=1S/C6H10O2.C5H8O/c1-5(7)3-4-6(2)8;1-4-5(2)6-3/h3-4H2,1-2H3;4H,1-2H2,3H3. The van der Waals surface area contributed by atoms with Gasteiger partial charge in [0.15, 0.2) is 0 Å². The number of rotatable bonds is 5. The third-order valence-electron chi connectivity index (χ3n) is 1.32. The maximum Gasteiger partial charge on any atom is 0.130 e. The maximum atomic E-state index is 10.2. The Labute approximate surface area is 85.5 Å². The van der Waals surface area contributed by atoms with Crippen molar-refractivity contribution in [2.75, 3.05) is 7.11 Å². The molecule has 3 heteroatoms. The Hall–Kier alpha value is -1.38. The second kappa shape index (κ2) is 9.71. The molecular weight excluding hydrogens is 180 g/mol. The molecule has 0 N–H and O–H groups in total. The van der Waals surface area contributed by atoms with E-state index in [1.807, 2.05) is 0 Å². The largest absolute Gasteiger partial charge is 0.497 e. The van der Waals surface area contributed by atoms with E-state index in [0.717, 1.165) is 0 Å². The molecule has 14 heavy (non-hydrogen) atoms. The number of hydrogen-bond acceptors (Lipinski definition) is 3. The molecule has 0 aromatic heterocycles. The van der Waals surface area contributed by atoms with Gasteiger partial charge in [-0.2, -0.15) is 0 Å². The minimum atomic E-state index is 0.0835. The van der Waals surface area contributed by atoms with Crippen LogP contribution in [0.3, 0.4) is 0 Å². The van der Waals surface area contributed by atoms with Gasteiger partial charge in [0.05, 0.1) is 7.11 Å². The maximum absolute atomic E-state index is 10.2. The summed E-state index contributed by atoms with van der Waals surface area (Å²) in [6.07, 6.45) is 2.35. The molecule has 0 aromatic rings. The van der Waals surface area contributed by atoms with Crippen molar-refractivity contribution in [3.63, 3.8) is 0 Å². The lowest BCUT2D eigenvalue weighted by Crippen LogP contribution is -1.95. The summed E-state index contributed by atoms with van der Waals surface area (Å²) in [7, 11) is 1.56. The quantitative estimate of drug-likeness (QED) is 0.502. The van der Waals surface area contributed by atoms with Crippen molar-refractivity contribution in [3.05, 3.63) is 25.0 Å². The summed E-state index contributed by atoms with van der Waals surface area (Å²) >= 11 is 0. The van der Waals surface area contributed by atoms with Crippen molar-refractivity contribution in [3.8, 4) is 0 Å². The first-order valence-corrected chi connectivity index (χ1v) is 4.28. The van der Waals surface area contributed by atoms with E-state index in [1.54, 1.807) is 13.2 Å². The highest BCUT2D eigenvalue weighted by molar-refractivity contribution is 5.83. The molecule has 0 bridgehead atoms. The van der Waals surface area contributed by atoms with Gasteiger partial charge in [-0.15, -0.1) is 0 Å². The molecule has 3 nitrogen and oxygen atoms in total. The topological polar surface area (TPSA) is 43.4 Å². The fourth-order valence-corrected chi connectivity index (χ4v) is 0.435. The van der Waals surface area contributed by atoms with E-state index in [0.29, 0.717) is 18.6 Å². The number of ether oxygens (including phenoxy) is 1. The molecule has 0 amide bonds. The van der Waals surface area contributed by atoms with Gasteiger partial charge < -0.3 is 14.3 Å². The molecule has 0 aromatic carbocycles. The normalized spacial score (nSPS) is 7.93. The third kappa shape index (κ3) is 16.9. The van der Waals surface area contributed by atoms with Crippen LogP contribution in [0.15, 0.2) is 25.0 Å². The van der Waals surface area contributed by atoms with E-state index in [4.69, 9.17) is 0 Å². The molecule has 0 aliphatic rings. The molecule has 0 rings (SSSR count). The van der Waals surface area contributed by atoms with Crippen LogP contribution < -0.4 is 0 Å². The summed E-state index contributed by atoms with van der Waals surface area (Å²) < 4.78 is 4.59. The van der Waals surface area contributed by atoms with Crippen LogP contribution in [0.4, 0.5) is 0 Å². The lowest BCUT2D eigenvalue weighted by atomic mass is 10.2. The van der Waals surface area contributed by atoms with E-state index >= 15 is 0 Å². The van der Waals surface area contributed by atoms with Crippen molar-refractivity contribution >= 4 is 11.6 Å². The first-order chi connectivity index (χ1) is 6.43. The Morgan fingerprint density at radius 2 is 1.57 bits per heavy atom. The third-order valence-corrected chi connectivity index (χ3v) is 1.32. The number of allylic oxidation sites excluding steroid dienone is 1. The highest BCUT2D eigenvalue weighted by Gasteiger charge is 1.95. The first-order valence-electron chi connectivity index (χ1n) is 4.28. The zero-order valence-electron chi connectivity index (χ0n) is 9.13. The van der Waals surface area contributed by atoms with Gasteiger partial charge in [-0.1, -0.05) is 13.2 Å². The average Bonchev–Trinajstić information content (AvgIpc) is 2.14. The minimum absolute atomic E-state index is 0.0835. The van der Waals surface area contributed by atoms with E-state index in [9.17, 15) is 9.59 Å². The van der Waals surface area contributed by atoms with Gasteiger partial charge in [0.25, 0.3) is 0 Å². The van der Waals surface area contributed by atoms with Crippen molar-refractivity contribution in [2.45, 2.75) is 26.7 Å². The molecule has 0 atom stereocenters. The Morgan fingerprint density at radius 3 is 1.64 bits per heavy atom. The van der Waals surface area contributed by atoms with Crippen molar-refractivity contribution in [1.29, 1.82) is 0 Å². The van der Waals surface area contributed by atoms with Gasteiger partial charge in [-0.3, -0.25) is 0 Å². The van der Waals surface area contributed by atoms with Crippen LogP contribution >= 0.6 is 0 Å². The van der Waals surface area contributed by atoms with Crippen LogP contribution in [-0.4, -0.2) is 18.7 Å². The number of hydrogen-bond donors (Lipinski definition) is 0. The Balaban J connectivity index is 0. The fourth-order valence-electron chi connectivity index (χ4n) is 0.435. The summed E-state index contributed by atoms with van der Waals surface area (Å²) in [6, 6.07) is 0. The summed E-state index contributed by atoms with van der Waals surface area (Å²) in [5.41, 5.74) is 0. The molecule has 80 valence electrons. The molecule has 0 saturated heterocycles. The molecule has 0 radical (unpaired) electrons. The van der Waals surface area contributed by atoms with E-state index in [2.05, 4.69) is 17.9 Å². The molecule has 0 unspecified atom stereocenters. The van der Waals surface area contributed by atoms with E-state index in [-0.39, 0.29) is 11.6 Å². The zero-order chi connectivity index (χ0) is 11.6. The second-order valence-electron chi connectivity index (χ2n) is 2.78. The van der Waals surface area contributed by atoms with Crippen LogP contribution in [0.5, 0.6) is 0 Å². The Bertz CT molecular complexity index is 203. The van der Waals surface area contributed by atoms with Crippen LogP contribution in [0.2, 0.25) is 0 Å². The summed E-state index contributed by atoms with van der Waals surface area (Å²) in [6.45, 7) is 9.84. The summed E-state index contributed by atoms with van der Waals surface area (Å²) in [4.78, 5) is 20.4. The van der Waals surface area contributed by atoms with Crippen LogP contribution in [0.1, 0.15) is 26.7 Å². The number of carbonyl (C=O) groups excluding carboxylic acids is 2. The first kappa shape index (κ1) is 15.1. The van der Waals surface area contributed by atoms with Gasteiger partial charge in [-0.05, 0) is 19.9 Å². The predicted octanol–water partition coefficient (Wildman–Crippen LogP) is 2.28. The Kier molecular flexibility index (Phi) is 10.5. The molecular formula is C11H18O3. The van der Waals surface area contributed by atoms with Crippen molar-refractivity contribution in [2.24, 2.45) is 0 Å². The molecule has 0 spiro atoms. The van der Waals surface area contributed by atoms with E-state index in [1.165, 1.54) is 13.8 Å². The van der Waals surface area contributed by atoms with Gasteiger partial charge >= 0.3 is 0 Å². The van der Waals surface area contributed by atoms with Gasteiger partial charge in [-0.25, -0.2) is 0 Å². The molecule has 0 fully saturated rings. The van der Waals surface area contributed by atoms with Crippen molar-refractivity contribution < 1.29 is 14.3 Å². The highest BCUT2D eigenvalue weighted by atomic mass is 16.5. The lowest BCUT2D eigenvalue weighted by molar-refractivity contribution is -0.122. The predicted molar refractivity (Wildman–Crippen MR) is 56.9 cm³/mol. The highest BCUT2D eigenvalue weighted by Crippen LogP contribution is 1.89. The zero-order valence-corrected chi connectivity index (χ0v) is 9.13. The minimum Gasteiger partial charge on any atom is -0.497 e. The summed E-state index contributed by atoms with van der Waals surface area (Å²) in [5.74, 6) is 0.774. The van der Waals surface area contributed by atoms with Gasteiger partial charge in [0.2, 0.25) is 0 Å². The second-order valence-corrected chi connectivity index (χ2v) is 2.78. The lowest BCUT2D eigenvalue weighted by Gasteiger charge is -1.90. The molecule has 0 aliphatic heterocycles. The van der Waals surface area contributed by atoms with Gasteiger partial charge in [0.1, 0.15) is 17.3 Å². The molecule has 0 heterocycles. The van der Waals surface area contributed by atoms with E-state index < -0.39 is 0 Å².